The molecule has 2 heterocycles. The SMILES string of the molecule is CCCc1nc2cnc3ccccc3c2n1CCCC(C)N(C)O. The number of nitrogens with zero attached hydrogens (tertiary/aromatic N) is 4. The van der Waals surface area contributed by atoms with Gasteiger partial charge in [0.2, 0.25) is 0 Å². The molecule has 1 unspecified atom stereocenters. The van der Waals surface area contributed by atoms with Gasteiger partial charge in [0, 0.05) is 31.4 Å². The fourth-order valence-corrected chi connectivity index (χ4v) is 3.20. The minimum atomic E-state index is 0.160. The third-order valence-electron chi connectivity index (χ3n) is 4.67. The number of pyridine rings is 1. The van der Waals surface area contributed by atoms with Crippen LogP contribution in [0.3, 0.4) is 0 Å². The summed E-state index contributed by atoms with van der Waals surface area (Å²) in [5.41, 5.74) is 3.18. The van der Waals surface area contributed by atoms with Crippen molar-refractivity contribution in [2.45, 2.75) is 52.1 Å². The summed E-state index contributed by atoms with van der Waals surface area (Å²) in [5.74, 6) is 1.13. The summed E-state index contributed by atoms with van der Waals surface area (Å²) in [5, 5.41) is 12.0. The number of fused-ring (bicyclic) bond motifs is 3. The van der Waals surface area contributed by atoms with Crippen molar-refractivity contribution < 1.29 is 5.21 Å². The van der Waals surface area contributed by atoms with Crippen LogP contribution in [0, 0.1) is 0 Å². The van der Waals surface area contributed by atoms with E-state index < -0.39 is 0 Å². The van der Waals surface area contributed by atoms with Crippen molar-refractivity contribution in [1.29, 1.82) is 0 Å². The summed E-state index contributed by atoms with van der Waals surface area (Å²) < 4.78 is 2.35. The van der Waals surface area contributed by atoms with Crippen molar-refractivity contribution in [1.82, 2.24) is 19.6 Å². The summed E-state index contributed by atoms with van der Waals surface area (Å²) in [6.07, 6.45) is 5.88. The zero-order valence-corrected chi connectivity index (χ0v) is 14.7. The predicted octanol–water partition coefficient (Wildman–Crippen LogP) is 4.03. The largest absolute Gasteiger partial charge is 0.327 e. The van der Waals surface area contributed by atoms with Crippen LogP contribution in [-0.4, -0.2) is 37.9 Å². The fourth-order valence-electron chi connectivity index (χ4n) is 3.20. The van der Waals surface area contributed by atoms with Gasteiger partial charge < -0.3 is 9.77 Å². The van der Waals surface area contributed by atoms with E-state index in [-0.39, 0.29) is 6.04 Å². The summed E-state index contributed by atoms with van der Waals surface area (Å²) in [6.45, 7) is 5.14. The number of hydroxylamine groups is 2. The van der Waals surface area contributed by atoms with Crippen LogP contribution in [0.4, 0.5) is 0 Å². The lowest BCUT2D eigenvalue weighted by Crippen LogP contribution is -2.25. The Balaban J connectivity index is 1.99. The second-order valence-corrected chi connectivity index (χ2v) is 6.50. The lowest BCUT2D eigenvalue weighted by molar-refractivity contribution is -0.0991. The molecule has 24 heavy (non-hydrogen) atoms. The molecule has 0 aliphatic carbocycles. The topological polar surface area (TPSA) is 54.2 Å². The molecule has 0 amide bonds. The summed E-state index contributed by atoms with van der Waals surface area (Å²) in [4.78, 5) is 9.37. The third-order valence-corrected chi connectivity index (χ3v) is 4.67. The van der Waals surface area contributed by atoms with Crippen molar-refractivity contribution in [2.75, 3.05) is 7.05 Å². The highest BCUT2D eigenvalue weighted by Crippen LogP contribution is 2.25. The number of aryl methyl sites for hydroxylation is 2. The lowest BCUT2D eigenvalue weighted by atomic mass is 10.1. The molecule has 0 bridgehead atoms. The highest BCUT2D eigenvalue weighted by atomic mass is 16.5. The van der Waals surface area contributed by atoms with Gasteiger partial charge in [-0.3, -0.25) is 4.98 Å². The van der Waals surface area contributed by atoms with Crippen LogP contribution < -0.4 is 0 Å². The number of para-hydroxylation sites is 1. The molecule has 1 atom stereocenters. The molecule has 0 spiro atoms. The molecular weight excluding hydrogens is 300 g/mol. The first-order valence-electron chi connectivity index (χ1n) is 8.76. The molecule has 0 aliphatic rings. The maximum absolute atomic E-state index is 9.54. The van der Waals surface area contributed by atoms with Crippen LogP contribution in [0.1, 0.15) is 38.9 Å². The number of rotatable bonds is 7. The van der Waals surface area contributed by atoms with E-state index in [1.165, 1.54) is 10.6 Å². The number of imidazole rings is 1. The molecule has 3 rings (SSSR count). The fraction of sp³-hybridized carbons (Fsp3) is 0.474. The first kappa shape index (κ1) is 16.9. The lowest BCUT2D eigenvalue weighted by Gasteiger charge is -2.18. The zero-order valence-electron chi connectivity index (χ0n) is 14.7. The van der Waals surface area contributed by atoms with Crippen molar-refractivity contribution >= 4 is 21.9 Å². The number of aromatic nitrogens is 3. The first-order valence-corrected chi connectivity index (χ1v) is 8.76. The second-order valence-electron chi connectivity index (χ2n) is 6.50. The van der Waals surface area contributed by atoms with E-state index in [1.807, 2.05) is 19.2 Å². The normalized spacial score (nSPS) is 13.2. The quantitative estimate of drug-likeness (QED) is 0.666. The maximum atomic E-state index is 9.54. The average Bonchev–Trinajstić information content (AvgIpc) is 2.93. The highest BCUT2D eigenvalue weighted by Gasteiger charge is 2.14. The van der Waals surface area contributed by atoms with Gasteiger partial charge in [0.05, 0.1) is 17.2 Å². The number of hydrogen-bond donors (Lipinski definition) is 1. The molecule has 0 saturated heterocycles. The van der Waals surface area contributed by atoms with E-state index in [4.69, 9.17) is 4.98 Å². The summed E-state index contributed by atoms with van der Waals surface area (Å²) >= 11 is 0. The molecule has 0 aliphatic heterocycles. The molecule has 1 N–H and O–H groups in total. The van der Waals surface area contributed by atoms with Gasteiger partial charge in [-0.05, 0) is 32.3 Å². The Labute approximate surface area is 142 Å². The average molecular weight is 326 g/mol. The number of hydrogen-bond acceptors (Lipinski definition) is 4. The summed E-state index contributed by atoms with van der Waals surface area (Å²) in [6, 6.07) is 8.42. The minimum Gasteiger partial charge on any atom is -0.327 e. The molecule has 5 nitrogen and oxygen atoms in total. The molecule has 3 aromatic rings. The Morgan fingerprint density at radius 2 is 2.04 bits per heavy atom. The van der Waals surface area contributed by atoms with E-state index in [1.54, 1.807) is 7.05 Å². The van der Waals surface area contributed by atoms with Gasteiger partial charge in [0.1, 0.15) is 11.3 Å². The van der Waals surface area contributed by atoms with Crippen molar-refractivity contribution in [3.8, 4) is 0 Å². The predicted molar refractivity (Wildman–Crippen MR) is 97.3 cm³/mol. The van der Waals surface area contributed by atoms with E-state index >= 15 is 0 Å². The smallest absolute Gasteiger partial charge is 0.109 e. The molecule has 128 valence electrons. The standard InChI is InChI=1S/C19H26N4O/c1-4-8-18-21-17-13-20-16-11-6-5-10-15(16)19(17)23(18)12-7-9-14(2)22(3)24/h5-6,10-11,13-14,24H,4,7-9,12H2,1-3H3. The van der Waals surface area contributed by atoms with Crippen LogP contribution in [0.15, 0.2) is 30.5 Å². The minimum absolute atomic E-state index is 0.160. The van der Waals surface area contributed by atoms with Gasteiger partial charge in [-0.1, -0.05) is 25.1 Å². The van der Waals surface area contributed by atoms with Crippen molar-refractivity contribution in [2.24, 2.45) is 0 Å². The van der Waals surface area contributed by atoms with Crippen LogP contribution >= 0.6 is 0 Å². The molecule has 5 heteroatoms. The Kier molecular flexibility index (Phi) is 5.11. The van der Waals surface area contributed by atoms with Gasteiger partial charge in [-0.25, -0.2) is 4.98 Å². The van der Waals surface area contributed by atoms with Crippen LogP contribution in [-0.2, 0) is 13.0 Å². The van der Waals surface area contributed by atoms with Gasteiger partial charge in [0.25, 0.3) is 0 Å². The van der Waals surface area contributed by atoms with Crippen LogP contribution in [0.2, 0.25) is 0 Å². The van der Waals surface area contributed by atoms with Gasteiger partial charge in [0.15, 0.2) is 0 Å². The van der Waals surface area contributed by atoms with Crippen molar-refractivity contribution in [3.63, 3.8) is 0 Å². The van der Waals surface area contributed by atoms with E-state index in [2.05, 4.69) is 34.7 Å². The maximum Gasteiger partial charge on any atom is 0.109 e. The molecule has 0 radical (unpaired) electrons. The molecule has 0 fully saturated rings. The zero-order chi connectivity index (χ0) is 17.1. The molecule has 1 aromatic carbocycles. The van der Waals surface area contributed by atoms with Crippen LogP contribution in [0.25, 0.3) is 21.9 Å². The van der Waals surface area contributed by atoms with E-state index in [0.29, 0.717) is 0 Å². The monoisotopic (exact) mass is 326 g/mol. The Morgan fingerprint density at radius 1 is 1.25 bits per heavy atom. The van der Waals surface area contributed by atoms with Gasteiger partial charge in [-0.15, -0.1) is 0 Å². The van der Waals surface area contributed by atoms with Crippen molar-refractivity contribution in [3.05, 3.63) is 36.3 Å². The second kappa shape index (κ2) is 7.28. The Bertz CT molecular complexity index is 825. The van der Waals surface area contributed by atoms with Crippen LogP contribution in [0.5, 0.6) is 0 Å². The van der Waals surface area contributed by atoms with E-state index in [9.17, 15) is 5.21 Å². The third kappa shape index (κ3) is 3.28. The molecule has 0 saturated carbocycles. The van der Waals surface area contributed by atoms with Gasteiger partial charge in [-0.2, -0.15) is 5.06 Å². The first-order chi connectivity index (χ1) is 11.6. The Morgan fingerprint density at radius 3 is 2.79 bits per heavy atom. The van der Waals surface area contributed by atoms with Gasteiger partial charge >= 0.3 is 0 Å². The summed E-state index contributed by atoms with van der Waals surface area (Å²) in [7, 11) is 1.71. The number of benzene rings is 1. The Hall–Kier alpha value is -1.98. The highest BCUT2D eigenvalue weighted by molar-refractivity contribution is 6.02. The molecular formula is C19H26N4O. The van der Waals surface area contributed by atoms with E-state index in [0.717, 1.165) is 54.5 Å². The molecule has 2 aromatic heterocycles.